The van der Waals surface area contributed by atoms with E-state index in [-0.39, 0.29) is 5.41 Å². The van der Waals surface area contributed by atoms with Crippen molar-refractivity contribution in [3.63, 3.8) is 0 Å². The zero-order valence-corrected chi connectivity index (χ0v) is 10.6. The maximum Gasteiger partial charge on any atom is 0.00877 e. The highest BCUT2D eigenvalue weighted by Crippen LogP contribution is 2.50. The first-order valence-corrected chi connectivity index (χ1v) is 6.72. The van der Waals surface area contributed by atoms with Crippen molar-refractivity contribution in [1.82, 2.24) is 0 Å². The average Bonchev–Trinajstić information content (AvgIpc) is 2.73. The second-order valence-electron chi connectivity index (χ2n) is 6.98. The molecule has 1 heteroatoms. The molecule has 0 aromatic carbocycles. The second kappa shape index (κ2) is 4.08. The van der Waals surface area contributed by atoms with E-state index in [0.717, 1.165) is 17.8 Å². The van der Waals surface area contributed by atoms with Gasteiger partial charge in [-0.3, -0.25) is 0 Å². The third-order valence-corrected chi connectivity index (χ3v) is 4.85. The van der Waals surface area contributed by atoms with Crippen LogP contribution in [-0.2, 0) is 0 Å². The van der Waals surface area contributed by atoms with E-state index < -0.39 is 0 Å². The quantitative estimate of drug-likeness (QED) is 0.755. The van der Waals surface area contributed by atoms with E-state index in [4.69, 9.17) is 5.73 Å². The second-order valence-corrected chi connectivity index (χ2v) is 6.98. The molecule has 0 aliphatic heterocycles. The zero-order chi connectivity index (χ0) is 11.1. The Balaban J connectivity index is 1.75. The Bertz CT molecular complexity index is 216. The lowest BCUT2D eigenvalue weighted by Gasteiger charge is -2.29. The molecule has 0 radical (unpaired) electrons. The summed E-state index contributed by atoms with van der Waals surface area (Å²) < 4.78 is 0. The van der Waals surface area contributed by atoms with Crippen molar-refractivity contribution in [2.24, 2.45) is 28.9 Å². The van der Waals surface area contributed by atoms with E-state index >= 15 is 0 Å². The summed E-state index contributed by atoms with van der Waals surface area (Å²) in [5, 5.41) is 0. The van der Waals surface area contributed by atoms with Crippen molar-refractivity contribution in [3.8, 4) is 0 Å². The van der Waals surface area contributed by atoms with Gasteiger partial charge in [0.25, 0.3) is 0 Å². The molecule has 0 aromatic rings. The third kappa shape index (κ3) is 2.55. The lowest BCUT2D eigenvalue weighted by molar-refractivity contribution is 0.251. The average molecular weight is 209 g/mol. The Kier molecular flexibility index (Phi) is 3.12. The molecule has 0 amide bonds. The highest BCUT2D eigenvalue weighted by Gasteiger charge is 2.39. The monoisotopic (exact) mass is 209 g/mol. The number of hydrogen-bond acceptors (Lipinski definition) is 1. The minimum atomic E-state index is 0.289. The molecule has 0 heterocycles. The molecule has 1 nitrogen and oxygen atoms in total. The third-order valence-electron chi connectivity index (χ3n) is 4.85. The van der Waals surface area contributed by atoms with Crippen LogP contribution in [0.25, 0.3) is 0 Å². The summed E-state index contributed by atoms with van der Waals surface area (Å²) in [7, 11) is 0. The van der Waals surface area contributed by atoms with Gasteiger partial charge in [-0.1, -0.05) is 27.2 Å². The molecule has 0 saturated heterocycles. The Morgan fingerprint density at radius 2 is 1.93 bits per heavy atom. The fraction of sp³-hybridized carbons (Fsp3) is 1.00. The molecule has 2 bridgehead atoms. The topological polar surface area (TPSA) is 26.0 Å². The molecule has 2 aliphatic carbocycles. The largest absolute Gasteiger partial charge is 0.327 e. The lowest BCUT2D eigenvalue weighted by atomic mass is 9.79. The molecular formula is C14H27N. The predicted octanol–water partition coefficient (Wildman–Crippen LogP) is 3.58. The first kappa shape index (κ1) is 11.4. The van der Waals surface area contributed by atoms with Crippen molar-refractivity contribution >= 4 is 0 Å². The van der Waals surface area contributed by atoms with E-state index in [0.29, 0.717) is 6.04 Å². The van der Waals surface area contributed by atoms with Gasteiger partial charge in [0.1, 0.15) is 0 Å². The fourth-order valence-corrected chi connectivity index (χ4v) is 3.56. The smallest absolute Gasteiger partial charge is 0.00877 e. The van der Waals surface area contributed by atoms with Crippen LogP contribution in [0.15, 0.2) is 0 Å². The molecule has 88 valence electrons. The van der Waals surface area contributed by atoms with Gasteiger partial charge in [0, 0.05) is 6.04 Å². The van der Waals surface area contributed by atoms with Crippen molar-refractivity contribution in [2.45, 2.75) is 65.3 Å². The summed E-state index contributed by atoms with van der Waals surface area (Å²) in [4.78, 5) is 0. The highest BCUT2D eigenvalue weighted by molar-refractivity contribution is 4.90. The van der Waals surface area contributed by atoms with E-state index in [9.17, 15) is 0 Å². The van der Waals surface area contributed by atoms with Crippen LogP contribution in [0.4, 0.5) is 0 Å². The predicted molar refractivity (Wildman–Crippen MR) is 65.6 cm³/mol. The van der Waals surface area contributed by atoms with Crippen LogP contribution in [0, 0.1) is 23.2 Å². The fourth-order valence-electron chi connectivity index (χ4n) is 3.56. The first-order valence-electron chi connectivity index (χ1n) is 6.72. The van der Waals surface area contributed by atoms with E-state index in [2.05, 4.69) is 20.8 Å². The van der Waals surface area contributed by atoms with Crippen LogP contribution in [0.1, 0.15) is 59.3 Å². The van der Waals surface area contributed by atoms with Crippen molar-refractivity contribution in [3.05, 3.63) is 0 Å². The maximum atomic E-state index is 6.23. The molecule has 4 unspecified atom stereocenters. The zero-order valence-electron chi connectivity index (χ0n) is 10.6. The minimum Gasteiger partial charge on any atom is -0.327 e. The van der Waals surface area contributed by atoms with Gasteiger partial charge in [-0.25, -0.2) is 0 Å². The number of fused-ring (bicyclic) bond motifs is 2. The minimum absolute atomic E-state index is 0.289. The normalized spacial score (nSPS) is 37.2. The molecule has 15 heavy (non-hydrogen) atoms. The Morgan fingerprint density at radius 1 is 1.20 bits per heavy atom. The van der Waals surface area contributed by atoms with Gasteiger partial charge in [-0.05, 0) is 55.3 Å². The van der Waals surface area contributed by atoms with E-state index in [1.54, 1.807) is 0 Å². The van der Waals surface area contributed by atoms with Gasteiger partial charge in [0.15, 0.2) is 0 Å². The summed E-state index contributed by atoms with van der Waals surface area (Å²) in [5.74, 6) is 3.19. The summed E-state index contributed by atoms with van der Waals surface area (Å²) in [6.45, 7) is 6.79. The van der Waals surface area contributed by atoms with Gasteiger partial charge >= 0.3 is 0 Å². The van der Waals surface area contributed by atoms with Crippen LogP contribution in [0.3, 0.4) is 0 Å². The van der Waals surface area contributed by atoms with Crippen LogP contribution in [-0.4, -0.2) is 6.04 Å². The summed E-state index contributed by atoms with van der Waals surface area (Å²) in [6, 6.07) is 0.386. The Labute approximate surface area is 94.8 Å². The Hall–Kier alpha value is -0.0400. The van der Waals surface area contributed by atoms with Gasteiger partial charge in [0.05, 0.1) is 0 Å². The van der Waals surface area contributed by atoms with Crippen molar-refractivity contribution in [1.29, 1.82) is 0 Å². The number of rotatable bonds is 3. The SMILES string of the molecule is CC(C)(C)C(N)CCC1CC2CCC1C2. The standard InChI is InChI=1S/C14H27N/c1-14(2,3)13(15)7-6-12-9-10-4-5-11(12)8-10/h10-13H,4-9,15H2,1-3H3. The van der Waals surface area contributed by atoms with E-state index in [1.165, 1.54) is 38.5 Å². The highest BCUT2D eigenvalue weighted by atomic mass is 14.7. The number of nitrogens with two attached hydrogens (primary N) is 1. The summed E-state index contributed by atoms with van der Waals surface area (Å²) >= 11 is 0. The van der Waals surface area contributed by atoms with Crippen LogP contribution < -0.4 is 5.73 Å². The van der Waals surface area contributed by atoms with Crippen LogP contribution >= 0.6 is 0 Å². The van der Waals surface area contributed by atoms with Gasteiger partial charge in [-0.15, -0.1) is 0 Å². The van der Waals surface area contributed by atoms with Gasteiger partial charge in [-0.2, -0.15) is 0 Å². The van der Waals surface area contributed by atoms with Crippen molar-refractivity contribution < 1.29 is 0 Å². The summed E-state index contributed by atoms with van der Waals surface area (Å²) in [6.07, 6.45) is 8.71. The lowest BCUT2D eigenvalue weighted by Crippen LogP contribution is -2.35. The van der Waals surface area contributed by atoms with Gasteiger partial charge < -0.3 is 5.73 Å². The summed E-state index contributed by atoms with van der Waals surface area (Å²) in [5.41, 5.74) is 6.52. The van der Waals surface area contributed by atoms with Crippen LogP contribution in [0.5, 0.6) is 0 Å². The maximum absolute atomic E-state index is 6.23. The van der Waals surface area contributed by atoms with Gasteiger partial charge in [0.2, 0.25) is 0 Å². The molecule has 0 spiro atoms. The molecule has 2 aliphatic rings. The first-order chi connectivity index (χ1) is 6.97. The molecule has 2 rings (SSSR count). The molecule has 2 saturated carbocycles. The van der Waals surface area contributed by atoms with Crippen LogP contribution in [0.2, 0.25) is 0 Å². The Morgan fingerprint density at radius 3 is 2.40 bits per heavy atom. The molecule has 2 N–H and O–H groups in total. The molecule has 4 atom stereocenters. The molecular weight excluding hydrogens is 182 g/mol. The molecule has 2 fully saturated rings. The van der Waals surface area contributed by atoms with Crippen molar-refractivity contribution in [2.75, 3.05) is 0 Å². The number of hydrogen-bond donors (Lipinski definition) is 1. The van der Waals surface area contributed by atoms with E-state index in [1.807, 2.05) is 0 Å². The molecule has 0 aromatic heterocycles.